The third-order valence-corrected chi connectivity index (χ3v) is 2.74. The lowest BCUT2D eigenvalue weighted by molar-refractivity contribution is 0.363. The summed E-state index contributed by atoms with van der Waals surface area (Å²) in [4.78, 5) is 2.25. The molecule has 1 fully saturated rings. The fourth-order valence-electron chi connectivity index (χ4n) is 1.81. The largest absolute Gasteiger partial charge is 0.314 e. The van der Waals surface area contributed by atoms with E-state index in [1.54, 1.807) is 0 Å². The van der Waals surface area contributed by atoms with Crippen LogP contribution in [0.1, 0.15) is 25.7 Å². The van der Waals surface area contributed by atoms with Crippen LogP contribution < -0.4 is 10.6 Å². The van der Waals surface area contributed by atoms with Crippen LogP contribution in [0.2, 0.25) is 0 Å². The summed E-state index contributed by atoms with van der Waals surface area (Å²) in [5, 5.41) is 7.97. The Hall–Kier alpha value is -0.120. The van der Waals surface area contributed by atoms with Crippen molar-refractivity contribution in [3.63, 3.8) is 0 Å². The number of unbranched alkanes of at least 4 members (excludes halogenated alkanes) is 1. The van der Waals surface area contributed by atoms with E-state index in [1.165, 1.54) is 38.8 Å². The van der Waals surface area contributed by atoms with Gasteiger partial charge in [-0.1, -0.05) is 0 Å². The minimum Gasteiger partial charge on any atom is -0.314 e. The van der Waals surface area contributed by atoms with Gasteiger partial charge >= 0.3 is 0 Å². The highest BCUT2D eigenvalue weighted by Gasteiger charge is 2.11. The molecule has 1 rings (SSSR count). The average molecular weight is 198 g/mol. The molecular weight excluding hydrogens is 174 g/mol. The Balaban J connectivity index is 1.87. The average Bonchev–Trinajstić information content (AvgIpc) is 2.18. The van der Waals surface area contributed by atoms with E-state index in [1.807, 2.05) is 0 Å². The maximum absolute atomic E-state index is 4.35. The van der Waals surface area contributed by atoms with Gasteiger partial charge < -0.3 is 10.2 Å². The standard InChI is InChI=1S/C11H24N3/c1-14(2)10-4-3-7-13-11-5-8-12-9-6-11/h11,13H,3-10H2,1-2H3. The smallest absolute Gasteiger partial charge is 0.0148 e. The first-order chi connectivity index (χ1) is 6.79. The van der Waals surface area contributed by atoms with Crippen molar-refractivity contribution < 1.29 is 0 Å². The van der Waals surface area contributed by atoms with E-state index in [9.17, 15) is 0 Å². The molecule has 0 saturated carbocycles. The van der Waals surface area contributed by atoms with Crippen molar-refractivity contribution in [1.82, 2.24) is 15.5 Å². The Morgan fingerprint density at radius 3 is 2.57 bits per heavy atom. The van der Waals surface area contributed by atoms with Crippen molar-refractivity contribution in [2.75, 3.05) is 40.3 Å². The van der Waals surface area contributed by atoms with E-state index in [2.05, 4.69) is 29.6 Å². The molecule has 0 aliphatic carbocycles. The molecule has 0 atom stereocenters. The zero-order valence-corrected chi connectivity index (χ0v) is 9.63. The van der Waals surface area contributed by atoms with Crippen LogP contribution in [0.3, 0.4) is 0 Å². The second-order valence-electron chi connectivity index (χ2n) is 4.41. The fourth-order valence-corrected chi connectivity index (χ4v) is 1.81. The van der Waals surface area contributed by atoms with Crippen LogP contribution in [0.5, 0.6) is 0 Å². The molecule has 0 unspecified atom stereocenters. The Kier molecular flexibility index (Phi) is 6.15. The molecule has 1 N–H and O–H groups in total. The predicted molar refractivity (Wildman–Crippen MR) is 60.7 cm³/mol. The summed E-state index contributed by atoms with van der Waals surface area (Å²) in [5.41, 5.74) is 0. The molecule has 1 radical (unpaired) electrons. The zero-order chi connectivity index (χ0) is 10.2. The number of nitrogens with zero attached hydrogens (tertiary/aromatic N) is 2. The maximum Gasteiger partial charge on any atom is 0.0148 e. The van der Waals surface area contributed by atoms with Crippen LogP contribution in [0.25, 0.3) is 0 Å². The first-order valence-corrected chi connectivity index (χ1v) is 5.80. The van der Waals surface area contributed by atoms with Gasteiger partial charge in [-0.05, 0) is 52.9 Å². The molecule has 3 heteroatoms. The Morgan fingerprint density at radius 1 is 1.21 bits per heavy atom. The molecule has 1 aliphatic heterocycles. The lowest BCUT2D eigenvalue weighted by Gasteiger charge is -2.22. The van der Waals surface area contributed by atoms with Crippen molar-refractivity contribution >= 4 is 0 Å². The fraction of sp³-hybridized carbons (Fsp3) is 1.00. The second-order valence-corrected chi connectivity index (χ2v) is 4.41. The van der Waals surface area contributed by atoms with Gasteiger partial charge in [-0.25, -0.2) is 5.32 Å². The van der Waals surface area contributed by atoms with Crippen molar-refractivity contribution in [1.29, 1.82) is 0 Å². The molecule has 0 aromatic carbocycles. The van der Waals surface area contributed by atoms with E-state index in [4.69, 9.17) is 0 Å². The highest BCUT2D eigenvalue weighted by molar-refractivity contribution is 4.73. The van der Waals surface area contributed by atoms with E-state index in [0.717, 1.165) is 19.1 Å². The SMILES string of the molecule is CN(C)CCCCNC1CC[N]CC1. The van der Waals surface area contributed by atoms with Gasteiger partial charge in [0.2, 0.25) is 0 Å². The Labute approximate surface area is 88.2 Å². The number of rotatable bonds is 6. The summed E-state index contributed by atoms with van der Waals surface area (Å²) in [7, 11) is 4.27. The predicted octanol–water partition coefficient (Wildman–Crippen LogP) is 0.685. The zero-order valence-electron chi connectivity index (χ0n) is 9.63. The third kappa shape index (κ3) is 5.58. The Morgan fingerprint density at radius 2 is 1.93 bits per heavy atom. The molecular formula is C11H24N3. The molecule has 3 nitrogen and oxygen atoms in total. The van der Waals surface area contributed by atoms with E-state index in [0.29, 0.717) is 0 Å². The van der Waals surface area contributed by atoms with Crippen molar-refractivity contribution in [2.45, 2.75) is 31.7 Å². The van der Waals surface area contributed by atoms with Crippen LogP contribution in [0, 0.1) is 0 Å². The minimum absolute atomic E-state index is 0.742. The first kappa shape index (κ1) is 12.0. The molecule has 0 spiro atoms. The van der Waals surface area contributed by atoms with Gasteiger partial charge in [0.15, 0.2) is 0 Å². The van der Waals surface area contributed by atoms with E-state index in [-0.39, 0.29) is 0 Å². The number of piperidine rings is 1. The third-order valence-electron chi connectivity index (χ3n) is 2.74. The second kappa shape index (κ2) is 7.21. The molecule has 83 valence electrons. The summed E-state index contributed by atoms with van der Waals surface area (Å²) in [6.45, 7) is 4.52. The lowest BCUT2D eigenvalue weighted by atomic mass is 10.1. The maximum atomic E-state index is 4.35. The molecule has 0 aromatic heterocycles. The molecule has 0 amide bonds. The number of hydrogen-bond acceptors (Lipinski definition) is 2. The van der Waals surface area contributed by atoms with Gasteiger partial charge in [0.1, 0.15) is 0 Å². The molecule has 1 saturated heterocycles. The van der Waals surface area contributed by atoms with Gasteiger partial charge in [-0.15, -0.1) is 0 Å². The summed E-state index contributed by atoms with van der Waals surface area (Å²) >= 11 is 0. The Bertz CT molecular complexity index is 130. The molecule has 1 heterocycles. The minimum atomic E-state index is 0.742. The highest BCUT2D eigenvalue weighted by Crippen LogP contribution is 2.03. The summed E-state index contributed by atoms with van der Waals surface area (Å²) < 4.78 is 0. The molecule has 0 aromatic rings. The van der Waals surface area contributed by atoms with Crippen molar-refractivity contribution in [2.24, 2.45) is 0 Å². The number of hydrogen-bond donors (Lipinski definition) is 1. The van der Waals surface area contributed by atoms with Gasteiger partial charge in [0.25, 0.3) is 0 Å². The quantitative estimate of drug-likeness (QED) is 0.636. The van der Waals surface area contributed by atoms with Gasteiger partial charge in [0.05, 0.1) is 0 Å². The van der Waals surface area contributed by atoms with Crippen LogP contribution in [0.4, 0.5) is 0 Å². The van der Waals surface area contributed by atoms with Crippen LogP contribution in [-0.4, -0.2) is 51.2 Å². The molecule has 14 heavy (non-hydrogen) atoms. The number of nitrogens with one attached hydrogen (secondary N) is 1. The normalized spacial score (nSPS) is 19.1. The van der Waals surface area contributed by atoms with Crippen molar-refractivity contribution in [3.05, 3.63) is 0 Å². The van der Waals surface area contributed by atoms with Crippen LogP contribution in [0.15, 0.2) is 0 Å². The lowest BCUT2D eigenvalue weighted by Crippen LogP contribution is -2.37. The molecule has 0 bridgehead atoms. The monoisotopic (exact) mass is 198 g/mol. The summed E-state index contributed by atoms with van der Waals surface area (Å²) in [5.74, 6) is 0. The first-order valence-electron chi connectivity index (χ1n) is 5.80. The van der Waals surface area contributed by atoms with Gasteiger partial charge in [0, 0.05) is 19.1 Å². The van der Waals surface area contributed by atoms with E-state index < -0.39 is 0 Å². The highest BCUT2D eigenvalue weighted by atomic mass is 15.0. The van der Waals surface area contributed by atoms with Gasteiger partial charge in [-0.2, -0.15) is 0 Å². The van der Waals surface area contributed by atoms with Gasteiger partial charge in [-0.3, -0.25) is 0 Å². The summed E-state index contributed by atoms with van der Waals surface area (Å²) in [6.07, 6.45) is 5.09. The topological polar surface area (TPSA) is 29.4 Å². The van der Waals surface area contributed by atoms with Crippen LogP contribution >= 0.6 is 0 Å². The van der Waals surface area contributed by atoms with Crippen LogP contribution in [-0.2, 0) is 0 Å². The summed E-state index contributed by atoms with van der Waals surface area (Å²) in [6, 6.07) is 0.742. The molecule has 1 aliphatic rings. The van der Waals surface area contributed by atoms with E-state index >= 15 is 0 Å². The van der Waals surface area contributed by atoms with Crippen molar-refractivity contribution in [3.8, 4) is 0 Å².